The summed E-state index contributed by atoms with van der Waals surface area (Å²) in [7, 11) is 1.73. The van der Waals surface area contributed by atoms with Gasteiger partial charge in [0, 0.05) is 66.4 Å². The molecule has 3 aliphatic heterocycles. The number of carbonyl (C=O) groups excluding carboxylic acids is 2. The number of carbonyl (C=O) groups is 2. The lowest BCUT2D eigenvalue weighted by Gasteiger charge is -2.47. The average Bonchev–Trinajstić information content (AvgIpc) is 3.20. The highest BCUT2D eigenvalue weighted by Gasteiger charge is 2.41. The first-order valence-electron chi connectivity index (χ1n) is 12.8. The lowest BCUT2D eigenvalue weighted by molar-refractivity contribution is -0.124. The standard InChI is InChI=1S/C28H26ClF2N5O4/c1-35-14-23-22(26(35)38)10-17(12-32-23)21-11-18(13-33-24(21)36-8-6-27(7-9-36)15-39-16-27)25(37)34-19-2-4-20(5-3-19)40-28(29,30)31/h2-5,10-13H,6-9,14-16H2,1H3,(H,34,37). The molecular formula is C28H26ClF2N5O4. The summed E-state index contributed by atoms with van der Waals surface area (Å²) in [4.78, 5) is 38.9. The van der Waals surface area contributed by atoms with E-state index in [4.69, 9.17) is 21.3 Å². The molecule has 3 aromatic rings. The SMILES string of the molecule is CN1Cc2ncc(-c3cc(C(=O)Nc4ccc(OC(F)(F)Cl)cc4)cnc3N3CCC4(CC3)COC4)cc2C1=O. The number of amides is 2. The topological polar surface area (TPSA) is 96.9 Å². The number of hydrogen-bond acceptors (Lipinski definition) is 7. The molecule has 5 heterocycles. The number of hydrogen-bond donors (Lipinski definition) is 1. The Labute approximate surface area is 234 Å². The van der Waals surface area contributed by atoms with Crippen LogP contribution in [0.1, 0.15) is 39.3 Å². The molecule has 1 N–H and O–H groups in total. The van der Waals surface area contributed by atoms with Gasteiger partial charge in [0.1, 0.15) is 11.6 Å². The number of anilines is 2. The first-order valence-corrected chi connectivity index (χ1v) is 13.2. The third kappa shape index (κ3) is 5.18. The van der Waals surface area contributed by atoms with Crippen LogP contribution in [0.25, 0.3) is 11.1 Å². The van der Waals surface area contributed by atoms with Crippen molar-refractivity contribution in [3.8, 4) is 16.9 Å². The van der Waals surface area contributed by atoms with Crippen molar-refractivity contribution in [2.75, 3.05) is 43.6 Å². The number of nitrogens with zero attached hydrogens (tertiary/aromatic N) is 4. The zero-order valence-corrected chi connectivity index (χ0v) is 22.4. The minimum Gasteiger partial charge on any atom is -0.420 e. The van der Waals surface area contributed by atoms with E-state index in [0.717, 1.165) is 45.0 Å². The van der Waals surface area contributed by atoms with E-state index >= 15 is 0 Å². The monoisotopic (exact) mass is 569 g/mol. The fourth-order valence-electron chi connectivity index (χ4n) is 5.32. The van der Waals surface area contributed by atoms with Crippen LogP contribution in [-0.4, -0.2) is 65.6 Å². The van der Waals surface area contributed by atoms with Crippen LogP contribution < -0.4 is 15.0 Å². The first kappa shape index (κ1) is 26.4. The van der Waals surface area contributed by atoms with Gasteiger partial charge in [0.15, 0.2) is 0 Å². The molecule has 0 radical (unpaired) electrons. The maximum Gasteiger partial charge on any atom is 0.487 e. The van der Waals surface area contributed by atoms with Crippen LogP contribution in [0.2, 0.25) is 0 Å². The van der Waals surface area contributed by atoms with Crippen LogP contribution >= 0.6 is 11.6 Å². The molecule has 0 bridgehead atoms. The maximum absolute atomic E-state index is 13.2. The zero-order valence-electron chi connectivity index (χ0n) is 21.6. The van der Waals surface area contributed by atoms with E-state index in [1.165, 1.54) is 30.5 Å². The lowest BCUT2D eigenvalue weighted by Crippen LogP contribution is -2.51. The predicted octanol–water partition coefficient (Wildman–Crippen LogP) is 4.77. The van der Waals surface area contributed by atoms with Gasteiger partial charge in [-0.05, 0) is 49.2 Å². The summed E-state index contributed by atoms with van der Waals surface area (Å²) in [6.45, 7) is 3.61. The quantitative estimate of drug-likeness (QED) is 0.427. The largest absolute Gasteiger partial charge is 0.487 e. The van der Waals surface area contributed by atoms with E-state index in [-0.39, 0.29) is 22.6 Å². The van der Waals surface area contributed by atoms with Crippen LogP contribution in [-0.2, 0) is 11.3 Å². The Kier molecular flexibility index (Phi) is 6.58. The second-order valence-electron chi connectivity index (χ2n) is 10.5. The van der Waals surface area contributed by atoms with E-state index in [9.17, 15) is 18.4 Å². The van der Waals surface area contributed by atoms with Gasteiger partial charge < -0.3 is 24.6 Å². The molecule has 12 heteroatoms. The third-order valence-corrected chi connectivity index (χ3v) is 7.74. The number of pyridine rings is 2. The Bertz CT molecular complexity index is 1470. The minimum absolute atomic E-state index is 0.1000. The summed E-state index contributed by atoms with van der Waals surface area (Å²) >= 11 is 4.81. The number of benzene rings is 1. The summed E-state index contributed by atoms with van der Waals surface area (Å²) in [5, 5.41) is 2.75. The van der Waals surface area contributed by atoms with Gasteiger partial charge in [0.25, 0.3) is 11.8 Å². The highest BCUT2D eigenvalue weighted by Crippen LogP contribution is 2.41. The molecule has 0 aliphatic carbocycles. The Morgan fingerprint density at radius 3 is 2.48 bits per heavy atom. The van der Waals surface area contributed by atoms with Gasteiger partial charge >= 0.3 is 5.57 Å². The van der Waals surface area contributed by atoms with Crippen molar-refractivity contribution in [2.45, 2.75) is 25.0 Å². The van der Waals surface area contributed by atoms with E-state index in [0.29, 0.717) is 34.6 Å². The fraction of sp³-hybridized carbons (Fsp3) is 0.357. The molecular weight excluding hydrogens is 544 g/mol. The first-order chi connectivity index (χ1) is 19.1. The fourth-order valence-corrected chi connectivity index (χ4v) is 5.40. The number of ether oxygens (including phenoxy) is 2. The van der Waals surface area contributed by atoms with Gasteiger partial charge in [-0.25, -0.2) is 4.98 Å². The van der Waals surface area contributed by atoms with E-state index in [2.05, 4.69) is 19.9 Å². The van der Waals surface area contributed by atoms with Crippen LogP contribution in [0, 0.1) is 5.41 Å². The second kappa shape index (κ2) is 9.97. The normalized spacial score (nSPS) is 17.9. The van der Waals surface area contributed by atoms with Crippen molar-refractivity contribution in [1.82, 2.24) is 14.9 Å². The van der Waals surface area contributed by atoms with Crippen molar-refractivity contribution in [3.63, 3.8) is 0 Å². The molecule has 0 saturated carbocycles. The number of piperidine rings is 1. The summed E-state index contributed by atoms with van der Waals surface area (Å²) < 4.78 is 35.6. The molecule has 0 atom stereocenters. The van der Waals surface area contributed by atoms with Gasteiger partial charge in [-0.15, -0.1) is 8.78 Å². The van der Waals surface area contributed by atoms with E-state index in [1.807, 2.05) is 6.07 Å². The third-order valence-electron chi connectivity index (χ3n) is 7.66. The molecule has 1 spiro atoms. The maximum atomic E-state index is 13.2. The smallest absolute Gasteiger partial charge is 0.420 e. The Balaban J connectivity index is 1.29. The Morgan fingerprint density at radius 1 is 1.10 bits per heavy atom. The number of aromatic nitrogens is 2. The number of halogens is 3. The number of alkyl halides is 3. The van der Waals surface area contributed by atoms with Crippen molar-refractivity contribution >= 4 is 34.9 Å². The molecule has 2 amide bonds. The Hall–Kier alpha value is -3.83. The van der Waals surface area contributed by atoms with Crippen molar-refractivity contribution in [2.24, 2.45) is 5.41 Å². The molecule has 0 unspecified atom stereocenters. The number of nitrogens with one attached hydrogen (secondary N) is 1. The lowest BCUT2D eigenvalue weighted by atomic mass is 9.77. The summed E-state index contributed by atoms with van der Waals surface area (Å²) in [6.07, 6.45) is 5.19. The minimum atomic E-state index is -3.83. The second-order valence-corrected chi connectivity index (χ2v) is 10.9. The van der Waals surface area contributed by atoms with Gasteiger partial charge in [-0.1, -0.05) is 0 Å². The predicted molar refractivity (Wildman–Crippen MR) is 144 cm³/mol. The molecule has 2 fully saturated rings. The molecule has 208 valence electrons. The van der Waals surface area contributed by atoms with Crippen LogP contribution in [0.15, 0.2) is 48.8 Å². The van der Waals surface area contributed by atoms with Crippen molar-refractivity contribution < 1.29 is 27.8 Å². The molecule has 9 nitrogen and oxygen atoms in total. The van der Waals surface area contributed by atoms with Gasteiger partial charge in [0.05, 0.1) is 36.6 Å². The highest BCUT2D eigenvalue weighted by atomic mass is 35.5. The van der Waals surface area contributed by atoms with Crippen molar-refractivity contribution in [3.05, 3.63) is 65.6 Å². The van der Waals surface area contributed by atoms with Crippen LogP contribution in [0.5, 0.6) is 5.75 Å². The highest BCUT2D eigenvalue weighted by molar-refractivity contribution is 6.20. The molecule has 3 aliphatic rings. The molecule has 6 rings (SSSR count). The zero-order chi connectivity index (χ0) is 28.1. The summed E-state index contributed by atoms with van der Waals surface area (Å²) in [6, 6.07) is 8.97. The van der Waals surface area contributed by atoms with Crippen molar-refractivity contribution in [1.29, 1.82) is 0 Å². The van der Waals surface area contributed by atoms with Crippen LogP contribution in [0.3, 0.4) is 0 Å². The van der Waals surface area contributed by atoms with Gasteiger partial charge in [-0.2, -0.15) is 0 Å². The van der Waals surface area contributed by atoms with E-state index < -0.39 is 11.5 Å². The molecule has 2 saturated heterocycles. The summed E-state index contributed by atoms with van der Waals surface area (Å²) in [5.74, 6) is 0.0332. The number of rotatable bonds is 6. The van der Waals surface area contributed by atoms with E-state index in [1.54, 1.807) is 24.2 Å². The molecule has 40 heavy (non-hydrogen) atoms. The molecule has 2 aromatic heterocycles. The van der Waals surface area contributed by atoms with Gasteiger partial charge in [0.2, 0.25) is 0 Å². The Morgan fingerprint density at radius 2 is 1.82 bits per heavy atom. The number of fused-ring (bicyclic) bond motifs is 1. The van der Waals surface area contributed by atoms with Crippen LogP contribution in [0.4, 0.5) is 20.3 Å². The van der Waals surface area contributed by atoms with Gasteiger partial charge in [-0.3, -0.25) is 14.6 Å². The average molecular weight is 570 g/mol. The molecule has 1 aromatic carbocycles. The summed E-state index contributed by atoms with van der Waals surface area (Å²) in [5.41, 5.74) is -0.299.